The highest BCUT2D eigenvalue weighted by atomic mass is 32.2. The highest BCUT2D eigenvalue weighted by Gasteiger charge is 2.19. The summed E-state index contributed by atoms with van der Waals surface area (Å²) in [7, 11) is -2.23. The van der Waals surface area contributed by atoms with Crippen LogP contribution in [-0.2, 0) is 10.0 Å². The normalized spacial score (nSPS) is 10.6. The minimum absolute atomic E-state index is 0.0234. The molecule has 0 saturated carbocycles. The van der Waals surface area contributed by atoms with Crippen LogP contribution in [0.5, 0.6) is 0 Å². The van der Waals surface area contributed by atoms with Crippen molar-refractivity contribution in [3.05, 3.63) is 48.2 Å². The standard InChI is InChI=1S/C13H12N4O2S/c1-15-13-12(7-4-8-16-13)20(18,19)17-11-6-3-2-5-10(11)9-14/h2-8,17H,1H3,(H,15,16). The van der Waals surface area contributed by atoms with Gasteiger partial charge >= 0.3 is 0 Å². The van der Waals surface area contributed by atoms with Gasteiger partial charge in [-0.25, -0.2) is 13.4 Å². The molecule has 0 spiro atoms. The van der Waals surface area contributed by atoms with Gasteiger partial charge in [0.05, 0.1) is 11.3 Å². The Labute approximate surface area is 117 Å². The van der Waals surface area contributed by atoms with Crippen LogP contribution in [0, 0.1) is 11.3 Å². The largest absolute Gasteiger partial charge is 0.372 e. The van der Waals surface area contributed by atoms with E-state index in [-0.39, 0.29) is 22.0 Å². The van der Waals surface area contributed by atoms with Gasteiger partial charge in [-0.05, 0) is 24.3 Å². The fraction of sp³-hybridized carbons (Fsp3) is 0.0769. The summed E-state index contributed by atoms with van der Waals surface area (Å²) in [5, 5.41) is 11.7. The Morgan fingerprint density at radius 1 is 1.20 bits per heavy atom. The number of rotatable bonds is 4. The lowest BCUT2D eigenvalue weighted by Crippen LogP contribution is -2.16. The van der Waals surface area contributed by atoms with Gasteiger partial charge in [-0.3, -0.25) is 4.72 Å². The second kappa shape index (κ2) is 5.59. The molecule has 2 N–H and O–H groups in total. The van der Waals surface area contributed by atoms with Gasteiger partial charge in [0.15, 0.2) is 0 Å². The number of pyridine rings is 1. The van der Waals surface area contributed by atoms with Crippen LogP contribution < -0.4 is 10.0 Å². The van der Waals surface area contributed by atoms with Crippen LogP contribution in [0.4, 0.5) is 11.5 Å². The van der Waals surface area contributed by atoms with Crippen LogP contribution in [0.1, 0.15) is 5.56 Å². The summed E-state index contributed by atoms with van der Waals surface area (Å²) in [5.74, 6) is 0.245. The van der Waals surface area contributed by atoms with E-state index in [1.807, 2.05) is 6.07 Å². The molecule has 0 unspecified atom stereocenters. The van der Waals surface area contributed by atoms with Crippen LogP contribution in [0.15, 0.2) is 47.5 Å². The first-order valence-corrected chi connectivity index (χ1v) is 7.21. The number of nitrogens with zero attached hydrogens (tertiary/aromatic N) is 2. The predicted octanol–water partition coefficient (Wildman–Crippen LogP) is 1.80. The molecule has 0 fully saturated rings. The lowest BCUT2D eigenvalue weighted by atomic mass is 10.2. The lowest BCUT2D eigenvalue weighted by Gasteiger charge is -2.11. The van der Waals surface area contributed by atoms with E-state index in [4.69, 9.17) is 5.26 Å². The quantitative estimate of drug-likeness (QED) is 0.894. The lowest BCUT2D eigenvalue weighted by molar-refractivity contribution is 0.601. The molecule has 6 nitrogen and oxygen atoms in total. The zero-order chi connectivity index (χ0) is 14.6. The van der Waals surface area contributed by atoms with Crippen molar-refractivity contribution < 1.29 is 8.42 Å². The minimum atomic E-state index is -3.81. The van der Waals surface area contributed by atoms with Crippen molar-refractivity contribution in [2.45, 2.75) is 4.90 Å². The number of para-hydroxylation sites is 1. The monoisotopic (exact) mass is 288 g/mol. The number of aromatic nitrogens is 1. The third kappa shape index (κ3) is 2.70. The maximum absolute atomic E-state index is 12.3. The molecule has 20 heavy (non-hydrogen) atoms. The average molecular weight is 288 g/mol. The van der Waals surface area contributed by atoms with E-state index in [2.05, 4.69) is 15.0 Å². The van der Waals surface area contributed by atoms with E-state index in [1.54, 1.807) is 25.2 Å². The summed E-state index contributed by atoms with van der Waals surface area (Å²) in [5.41, 5.74) is 0.492. The highest BCUT2D eigenvalue weighted by Crippen LogP contribution is 2.22. The van der Waals surface area contributed by atoms with Crippen LogP contribution in [-0.4, -0.2) is 20.4 Å². The Hall–Kier alpha value is -2.59. The predicted molar refractivity (Wildman–Crippen MR) is 75.7 cm³/mol. The number of hydrogen-bond acceptors (Lipinski definition) is 5. The molecule has 0 saturated heterocycles. The summed E-state index contributed by atoms with van der Waals surface area (Å²) >= 11 is 0. The van der Waals surface area contributed by atoms with Gasteiger partial charge in [-0.15, -0.1) is 0 Å². The fourth-order valence-electron chi connectivity index (χ4n) is 1.66. The van der Waals surface area contributed by atoms with Crippen molar-refractivity contribution in [3.8, 4) is 6.07 Å². The van der Waals surface area contributed by atoms with Gasteiger partial charge < -0.3 is 5.32 Å². The molecule has 2 rings (SSSR count). The van der Waals surface area contributed by atoms with Crippen molar-refractivity contribution in [1.29, 1.82) is 5.26 Å². The first-order chi connectivity index (χ1) is 9.58. The Bertz CT molecular complexity index is 766. The van der Waals surface area contributed by atoms with Crippen LogP contribution in [0.2, 0.25) is 0 Å². The molecule has 7 heteroatoms. The second-order valence-corrected chi connectivity index (χ2v) is 5.51. The number of benzene rings is 1. The highest BCUT2D eigenvalue weighted by molar-refractivity contribution is 7.92. The molecule has 102 valence electrons. The summed E-state index contributed by atoms with van der Waals surface area (Å²) < 4.78 is 27.1. The first kappa shape index (κ1) is 13.8. The maximum atomic E-state index is 12.3. The minimum Gasteiger partial charge on any atom is -0.372 e. The average Bonchev–Trinajstić information content (AvgIpc) is 2.47. The molecule has 0 amide bonds. The van der Waals surface area contributed by atoms with E-state index >= 15 is 0 Å². The Morgan fingerprint density at radius 2 is 1.95 bits per heavy atom. The smallest absolute Gasteiger partial charge is 0.265 e. The third-order valence-electron chi connectivity index (χ3n) is 2.59. The summed E-state index contributed by atoms with van der Waals surface area (Å²) in [4.78, 5) is 3.98. The van der Waals surface area contributed by atoms with Gasteiger partial charge in [0.25, 0.3) is 10.0 Å². The number of nitrogens with one attached hydrogen (secondary N) is 2. The molecule has 0 aliphatic rings. The van der Waals surface area contributed by atoms with Crippen molar-refractivity contribution in [3.63, 3.8) is 0 Å². The van der Waals surface area contributed by atoms with Crippen LogP contribution in [0.25, 0.3) is 0 Å². The summed E-state index contributed by atoms with van der Waals surface area (Å²) in [6, 6.07) is 11.3. The van der Waals surface area contributed by atoms with Crippen molar-refractivity contribution >= 4 is 21.5 Å². The van der Waals surface area contributed by atoms with E-state index in [0.717, 1.165) is 0 Å². The molecule has 0 atom stereocenters. The molecule has 0 aliphatic heterocycles. The molecular weight excluding hydrogens is 276 g/mol. The van der Waals surface area contributed by atoms with Crippen molar-refractivity contribution in [2.24, 2.45) is 0 Å². The van der Waals surface area contributed by atoms with Gasteiger partial charge in [-0.2, -0.15) is 5.26 Å². The van der Waals surface area contributed by atoms with Gasteiger partial charge in [0.2, 0.25) is 0 Å². The Kier molecular flexibility index (Phi) is 3.86. The molecular formula is C13H12N4O2S. The third-order valence-corrected chi connectivity index (χ3v) is 3.99. The molecule has 1 aromatic carbocycles. The van der Waals surface area contributed by atoms with E-state index < -0.39 is 10.0 Å². The molecule has 1 heterocycles. The summed E-state index contributed by atoms with van der Waals surface area (Å²) in [6.45, 7) is 0. The van der Waals surface area contributed by atoms with Crippen molar-refractivity contribution in [2.75, 3.05) is 17.1 Å². The Balaban J connectivity index is 2.44. The van der Waals surface area contributed by atoms with Gasteiger partial charge in [0, 0.05) is 13.2 Å². The molecule has 0 radical (unpaired) electrons. The summed E-state index contributed by atoms with van der Waals surface area (Å²) in [6.07, 6.45) is 1.49. The SMILES string of the molecule is CNc1ncccc1S(=O)(=O)Nc1ccccc1C#N. The number of hydrogen-bond donors (Lipinski definition) is 2. The topological polar surface area (TPSA) is 94.9 Å². The molecule has 1 aromatic heterocycles. The number of sulfonamides is 1. The second-order valence-electron chi connectivity index (χ2n) is 3.86. The zero-order valence-corrected chi connectivity index (χ0v) is 11.5. The number of nitriles is 1. The van der Waals surface area contributed by atoms with E-state index in [9.17, 15) is 8.42 Å². The molecule has 0 aliphatic carbocycles. The van der Waals surface area contributed by atoms with Gasteiger partial charge in [-0.1, -0.05) is 12.1 Å². The van der Waals surface area contributed by atoms with E-state index in [1.165, 1.54) is 24.4 Å². The zero-order valence-electron chi connectivity index (χ0n) is 10.7. The number of anilines is 2. The van der Waals surface area contributed by atoms with Crippen LogP contribution in [0.3, 0.4) is 0 Å². The van der Waals surface area contributed by atoms with Crippen molar-refractivity contribution in [1.82, 2.24) is 4.98 Å². The first-order valence-electron chi connectivity index (χ1n) is 5.73. The molecule has 0 bridgehead atoms. The van der Waals surface area contributed by atoms with Gasteiger partial charge in [0.1, 0.15) is 16.8 Å². The maximum Gasteiger partial charge on any atom is 0.265 e. The van der Waals surface area contributed by atoms with E-state index in [0.29, 0.717) is 0 Å². The fourth-order valence-corrected chi connectivity index (χ4v) is 2.91. The molecule has 2 aromatic rings. The van der Waals surface area contributed by atoms with Crippen LogP contribution >= 0.6 is 0 Å². The Morgan fingerprint density at radius 3 is 2.65 bits per heavy atom.